The van der Waals surface area contributed by atoms with Gasteiger partial charge in [-0.3, -0.25) is 9.69 Å². The van der Waals surface area contributed by atoms with E-state index in [1.807, 2.05) is 30.3 Å². The third kappa shape index (κ3) is 4.86. The molecule has 10 heteroatoms. The summed E-state index contributed by atoms with van der Waals surface area (Å²) in [5.74, 6) is 0.775. The number of nitrogens with one attached hydrogen (secondary N) is 1. The molecular formula is C32H37FN6O3. The molecule has 2 aromatic heterocycles. The van der Waals surface area contributed by atoms with Gasteiger partial charge in [-0.2, -0.15) is 9.97 Å². The summed E-state index contributed by atoms with van der Waals surface area (Å²) in [6.07, 6.45) is 5.08. The Balaban J connectivity index is 0.000000272. The van der Waals surface area contributed by atoms with Gasteiger partial charge in [0.05, 0.1) is 18.3 Å². The molecule has 9 nitrogen and oxygen atoms in total. The number of phenols is 1. The van der Waals surface area contributed by atoms with Gasteiger partial charge < -0.3 is 24.6 Å². The highest BCUT2D eigenvalue weighted by atomic mass is 19.1. The zero-order chi connectivity index (χ0) is 29.0. The van der Waals surface area contributed by atoms with Crippen molar-refractivity contribution in [3.05, 3.63) is 52.8 Å². The van der Waals surface area contributed by atoms with Crippen LogP contribution < -0.4 is 20.5 Å². The van der Waals surface area contributed by atoms with Gasteiger partial charge in [0.1, 0.15) is 23.1 Å². The number of nitrogens with zero attached hydrogens (tertiary/aromatic N) is 5. The van der Waals surface area contributed by atoms with Gasteiger partial charge in [0.2, 0.25) is 0 Å². The van der Waals surface area contributed by atoms with Crippen LogP contribution in [0.4, 0.5) is 10.2 Å². The molecule has 0 aliphatic carbocycles. The number of fused-ring (bicyclic) bond motifs is 5. The number of hydrogen-bond donors (Lipinski definition) is 2. The molecule has 4 aliphatic heterocycles. The summed E-state index contributed by atoms with van der Waals surface area (Å²) in [5.41, 5.74) is 1.81. The maximum absolute atomic E-state index is 13.7. The summed E-state index contributed by atoms with van der Waals surface area (Å²) in [5, 5.41) is 16.3. The van der Waals surface area contributed by atoms with Gasteiger partial charge in [0.25, 0.3) is 5.56 Å². The summed E-state index contributed by atoms with van der Waals surface area (Å²) in [6.45, 7) is 3.46. The monoisotopic (exact) mass is 572 g/mol. The highest BCUT2D eigenvalue weighted by molar-refractivity contribution is 5.99. The molecule has 42 heavy (non-hydrogen) atoms. The van der Waals surface area contributed by atoms with Gasteiger partial charge in [-0.05, 0) is 67.6 Å². The quantitative estimate of drug-likeness (QED) is 0.381. The molecule has 4 aliphatic rings. The molecule has 4 saturated heterocycles. The lowest BCUT2D eigenvalue weighted by Gasteiger charge is -2.34. The molecular weight excluding hydrogens is 535 g/mol. The number of pyridine rings is 1. The summed E-state index contributed by atoms with van der Waals surface area (Å²) >= 11 is 0. The fourth-order valence-corrected chi connectivity index (χ4v) is 7.34. The molecule has 8 rings (SSSR count). The van der Waals surface area contributed by atoms with Crippen LogP contribution in [0, 0.1) is 0 Å². The Morgan fingerprint density at radius 2 is 1.83 bits per heavy atom. The smallest absolute Gasteiger partial charge is 0.318 e. The molecule has 4 fully saturated rings. The minimum atomic E-state index is -0.518. The predicted molar refractivity (Wildman–Crippen MR) is 162 cm³/mol. The van der Waals surface area contributed by atoms with Crippen LogP contribution in [0.3, 0.4) is 0 Å². The normalized spacial score (nSPS) is 25.1. The first-order valence-electron chi connectivity index (χ1n) is 14.9. The third-order valence-corrected chi connectivity index (χ3v) is 9.33. The number of hydrogen-bond acceptors (Lipinski definition) is 8. The van der Waals surface area contributed by atoms with Crippen molar-refractivity contribution in [2.24, 2.45) is 7.05 Å². The van der Waals surface area contributed by atoms with Crippen molar-refractivity contribution in [2.45, 2.75) is 56.4 Å². The second-order valence-corrected chi connectivity index (χ2v) is 12.1. The van der Waals surface area contributed by atoms with Gasteiger partial charge in [-0.25, -0.2) is 4.39 Å². The largest absolute Gasteiger partial charge is 0.508 e. The Labute approximate surface area is 243 Å². The zero-order valence-corrected chi connectivity index (χ0v) is 24.1. The van der Waals surface area contributed by atoms with Gasteiger partial charge >= 0.3 is 6.01 Å². The van der Waals surface area contributed by atoms with Crippen LogP contribution in [-0.4, -0.2) is 82.1 Å². The van der Waals surface area contributed by atoms with Gasteiger partial charge in [-0.1, -0.05) is 24.3 Å². The van der Waals surface area contributed by atoms with E-state index in [1.54, 1.807) is 23.7 Å². The minimum absolute atomic E-state index is 0.147. The van der Waals surface area contributed by atoms with Crippen molar-refractivity contribution in [3.8, 4) is 23.0 Å². The summed E-state index contributed by atoms with van der Waals surface area (Å²) < 4.78 is 19.6. The van der Waals surface area contributed by atoms with E-state index in [2.05, 4.69) is 25.1 Å². The molecule has 0 amide bonds. The number of methoxy groups -OCH3 is 1. The van der Waals surface area contributed by atoms with E-state index in [0.717, 1.165) is 55.2 Å². The van der Waals surface area contributed by atoms with Crippen LogP contribution in [0.25, 0.3) is 32.9 Å². The topological polar surface area (TPSA) is 95.8 Å². The number of halogens is 1. The highest BCUT2D eigenvalue weighted by Gasteiger charge is 2.35. The number of aromatic hydroxyl groups is 1. The first-order chi connectivity index (χ1) is 20.4. The van der Waals surface area contributed by atoms with E-state index in [-0.39, 0.29) is 17.3 Å². The molecule has 4 unspecified atom stereocenters. The van der Waals surface area contributed by atoms with Crippen molar-refractivity contribution in [1.82, 2.24) is 24.8 Å². The van der Waals surface area contributed by atoms with E-state index in [9.17, 15) is 14.3 Å². The molecule has 2 N–H and O–H groups in total. The number of rotatable bonds is 3. The Bertz CT molecular complexity index is 1690. The van der Waals surface area contributed by atoms with E-state index in [0.29, 0.717) is 47.1 Å². The van der Waals surface area contributed by atoms with Crippen molar-refractivity contribution in [1.29, 1.82) is 0 Å². The predicted octanol–water partition coefficient (Wildman–Crippen LogP) is 4.00. The van der Waals surface area contributed by atoms with Crippen molar-refractivity contribution < 1.29 is 14.2 Å². The fourth-order valence-electron chi connectivity index (χ4n) is 7.34. The highest BCUT2D eigenvalue weighted by Crippen LogP contribution is 2.35. The molecule has 6 heterocycles. The summed E-state index contributed by atoms with van der Waals surface area (Å²) in [4.78, 5) is 27.4. The second-order valence-electron chi connectivity index (χ2n) is 12.1. The number of aromatic nitrogens is 3. The average molecular weight is 573 g/mol. The maximum atomic E-state index is 13.7. The molecule has 2 aromatic carbocycles. The number of piperazine rings is 1. The average Bonchev–Trinajstić information content (AvgIpc) is 3.68. The van der Waals surface area contributed by atoms with Crippen LogP contribution in [0.2, 0.25) is 0 Å². The van der Waals surface area contributed by atoms with Crippen LogP contribution in [0.1, 0.15) is 32.1 Å². The molecule has 0 spiro atoms. The number of phenolic OH excluding ortho intramolecular Hbond substituents is 1. The van der Waals surface area contributed by atoms with Crippen LogP contribution in [-0.2, 0) is 7.05 Å². The number of alkyl halides is 1. The fraction of sp³-hybridized carbons (Fsp3) is 0.469. The van der Waals surface area contributed by atoms with Crippen molar-refractivity contribution in [2.75, 3.05) is 38.2 Å². The lowest BCUT2D eigenvalue weighted by Crippen LogP contribution is -2.51. The van der Waals surface area contributed by atoms with Crippen molar-refractivity contribution >= 4 is 27.5 Å². The summed E-state index contributed by atoms with van der Waals surface area (Å²) in [7, 11) is 3.29. The molecule has 2 bridgehead atoms. The molecule has 220 valence electrons. The third-order valence-electron chi connectivity index (χ3n) is 9.33. The maximum Gasteiger partial charge on any atom is 0.318 e. The van der Waals surface area contributed by atoms with Crippen LogP contribution in [0.15, 0.2) is 47.3 Å². The Hall–Kier alpha value is -3.76. The Morgan fingerprint density at radius 1 is 1.05 bits per heavy atom. The number of benzene rings is 2. The Kier molecular flexibility index (Phi) is 6.98. The van der Waals surface area contributed by atoms with E-state index in [1.165, 1.54) is 20.0 Å². The lowest BCUT2D eigenvalue weighted by molar-refractivity contribution is 0.292. The lowest BCUT2D eigenvalue weighted by atomic mass is 10.00. The molecule has 4 atom stereocenters. The molecule has 0 radical (unpaired) electrons. The van der Waals surface area contributed by atoms with E-state index < -0.39 is 6.17 Å². The first kappa shape index (κ1) is 27.1. The number of anilines is 1. The van der Waals surface area contributed by atoms with Crippen molar-refractivity contribution in [3.63, 3.8) is 0 Å². The zero-order valence-electron chi connectivity index (χ0n) is 24.1. The molecule has 0 saturated carbocycles. The van der Waals surface area contributed by atoms with Gasteiger partial charge in [0, 0.05) is 50.4 Å². The Morgan fingerprint density at radius 3 is 2.60 bits per heavy atom. The van der Waals surface area contributed by atoms with Gasteiger partial charge in [0.15, 0.2) is 0 Å². The SMILES string of the molecule is COc1nc(N2CC3CCC(C2)N3)c2c(=O)n(C)c(-c3cc(O)cc4ccccc34)cc2n1.FC1CC2CCCN2C1. The van der Waals surface area contributed by atoms with Crippen LogP contribution in [0.5, 0.6) is 11.8 Å². The van der Waals surface area contributed by atoms with E-state index in [4.69, 9.17) is 4.74 Å². The van der Waals surface area contributed by atoms with E-state index >= 15 is 0 Å². The first-order valence-corrected chi connectivity index (χ1v) is 14.9. The summed E-state index contributed by atoms with van der Waals surface area (Å²) in [6, 6.07) is 14.8. The minimum Gasteiger partial charge on any atom is -0.508 e. The number of ether oxygens (including phenoxy) is 1. The van der Waals surface area contributed by atoms with Crippen LogP contribution >= 0.6 is 0 Å². The molecule has 4 aromatic rings. The standard InChI is InChI=1S/C25H25N5O3.C7H12FN/c1-29-21(19-10-17(31)9-14-5-3-4-6-18(14)19)11-20-22(24(29)32)23(28-25(27-20)33-2)30-12-15-7-8-16(13-30)26-15;8-6-4-7-2-1-3-9(7)5-6/h3-6,9-11,15-16,26,31H,7-8,12-13H2,1-2H3;6-7H,1-5H2. The second kappa shape index (κ2) is 10.8. The van der Waals surface area contributed by atoms with Gasteiger partial charge in [-0.15, -0.1) is 0 Å².